The van der Waals surface area contributed by atoms with E-state index in [4.69, 9.17) is 28.9 Å². The first-order valence-corrected chi connectivity index (χ1v) is 10.7. The summed E-state index contributed by atoms with van der Waals surface area (Å²) in [5.41, 5.74) is 8.36. The lowest BCUT2D eigenvalue weighted by Crippen LogP contribution is -2.15. The van der Waals surface area contributed by atoms with Crippen LogP contribution in [0.5, 0.6) is 0 Å². The summed E-state index contributed by atoms with van der Waals surface area (Å²) in [6.45, 7) is 3.44. The number of hydrogen-bond acceptors (Lipinski definition) is 4. The van der Waals surface area contributed by atoms with Gasteiger partial charge in [0.1, 0.15) is 4.90 Å². The molecule has 2 aromatic carbocycles. The lowest BCUT2D eigenvalue weighted by Gasteiger charge is -2.13. The molecule has 3 aromatic rings. The average molecular weight is 453 g/mol. The SMILES string of the molecule is Cc1nn(C)c(C)c1NS(=O)(=O)c1c(Cl)cc(-c2cccc(C(N)=O)c2)cc1Cl. The Hall–Kier alpha value is -2.55. The second-order valence-electron chi connectivity index (χ2n) is 6.49. The van der Waals surface area contributed by atoms with Gasteiger partial charge in [0, 0.05) is 12.6 Å². The number of amides is 1. The number of sulfonamides is 1. The van der Waals surface area contributed by atoms with Crippen LogP contribution in [0, 0.1) is 13.8 Å². The third-order valence-electron chi connectivity index (χ3n) is 4.49. The fraction of sp³-hybridized carbons (Fsp3) is 0.158. The summed E-state index contributed by atoms with van der Waals surface area (Å²) in [6, 6.07) is 9.52. The van der Waals surface area contributed by atoms with Crippen LogP contribution in [0.2, 0.25) is 10.0 Å². The zero-order valence-electron chi connectivity index (χ0n) is 15.8. The van der Waals surface area contributed by atoms with Gasteiger partial charge >= 0.3 is 0 Å². The molecule has 1 aromatic heterocycles. The molecule has 7 nitrogen and oxygen atoms in total. The monoisotopic (exact) mass is 452 g/mol. The minimum atomic E-state index is -4.07. The van der Waals surface area contributed by atoms with Crippen LogP contribution in [0.15, 0.2) is 41.3 Å². The van der Waals surface area contributed by atoms with E-state index in [-0.39, 0.29) is 14.9 Å². The molecular formula is C19H18Cl2N4O3S. The van der Waals surface area contributed by atoms with Crippen molar-refractivity contribution in [1.82, 2.24) is 9.78 Å². The Morgan fingerprint density at radius 3 is 2.24 bits per heavy atom. The molecule has 0 unspecified atom stereocenters. The van der Waals surface area contributed by atoms with E-state index in [1.165, 1.54) is 12.1 Å². The number of carbonyl (C=O) groups excluding carboxylic acids is 1. The Bertz CT molecular complexity index is 1210. The van der Waals surface area contributed by atoms with E-state index in [9.17, 15) is 13.2 Å². The van der Waals surface area contributed by atoms with Gasteiger partial charge < -0.3 is 5.73 Å². The highest BCUT2D eigenvalue weighted by atomic mass is 35.5. The van der Waals surface area contributed by atoms with Gasteiger partial charge in [0.05, 0.1) is 27.1 Å². The molecule has 3 N–H and O–H groups in total. The molecule has 0 saturated heterocycles. The molecule has 0 atom stereocenters. The number of aromatic nitrogens is 2. The molecule has 29 heavy (non-hydrogen) atoms. The van der Waals surface area contributed by atoms with Crippen LogP contribution in [-0.4, -0.2) is 24.1 Å². The van der Waals surface area contributed by atoms with Crippen molar-refractivity contribution in [3.63, 3.8) is 0 Å². The van der Waals surface area contributed by atoms with E-state index < -0.39 is 15.9 Å². The maximum atomic E-state index is 13.0. The van der Waals surface area contributed by atoms with Crippen LogP contribution in [0.1, 0.15) is 21.7 Å². The van der Waals surface area contributed by atoms with E-state index in [0.29, 0.717) is 33.8 Å². The van der Waals surface area contributed by atoms with Crippen molar-refractivity contribution in [1.29, 1.82) is 0 Å². The Morgan fingerprint density at radius 2 is 1.72 bits per heavy atom. The minimum absolute atomic E-state index is 0.0522. The zero-order chi connectivity index (χ0) is 21.5. The Labute approximate surface area is 178 Å². The van der Waals surface area contributed by atoms with E-state index in [1.54, 1.807) is 49.8 Å². The lowest BCUT2D eigenvalue weighted by atomic mass is 10.0. The fourth-order valence-corrected chi connectivity index (χ4v) is 5.34. The van der Waals surface area contributed by atoms with E-state index >= 15 is 0 Å². The van der Waals surface area contributed by atoms with Gasteiger partial charge in [-0.3, -0.25) is 14.2 Å². The number of hydrogen-bond donors (Lipinski definition) is 2. The van der Waals surface area contributed by atoms with Gasteiger partial charge in [-0.15, -0.1) is 0 Å². The van der Waals surface area contributed by atoms with Crippen molar-refractivity contribution >= 4 is 44.8 Å². The highest BCUT2D eigenvalue weighted by Gasteiger charge is 2.25. The summed E-state index contributed by atoms with van der Waals surface area (Å²) in [6.07, 6.45) is 0. The van der Waals surface area contributed by atoms with Crippen molar-refractivity contribution in [3.05, 3.63) is 63.4 Å². The van der Waals surface area contributed by atoms with E-state index in [1.807, 2.05) is 0 Å². The normalized spacial score (nSPS) is 11.5. The number of rotatable bonds is 5. The molecule has 152 valence electrons. The quantitative estimate of drug-likeness (QED) is 0.611. The summed E-state index contributed by atoms with van der Waals surface area (Å²) < 4.78 is 30.0. The molecule has 1 amide bonds. The van der Waals surface area contributed by atoms with Gasteiger partial charge in [-0.2, -0.15) is 5.10 Å². The Morgan fingerprint density at radius 1 is 1.10 bits per heavy atom. The second kappa shape index (κ2) is 7.70. The Balaban J connectivity index is 2.05. The molecule has 0 aliphatic rings. The fourth-order valence-electron chi connectivity index (χ4n) is 2.94. The zero-order valence-corrected chi connectivity index (χ0v) is 18.2. The number of benzene rings is 2. The van der Waals surface area contributed by atoms with Crippen molar-refractivity contribution in [2.24, 2.45) is 12.8 Å². The highest BCUT2D eigenvalue weighted by molar-refractivity contribution is 7.93. The standard InChI is InChI=1S/C19H18Cl2N4O3S/c1-10-17(11(2)25(3)23-10)24-29(27,28)18-15(20)8-14(9-16(18)21)12-5-4-6-13(7-12)19(22)26/h4-9,24H,1-3H3,(H2,22,26). The number of halogens is 2. The maximum absolute atomic E-state index is 13.0. The maximum Gasteiger partial charge on any atom is 0.264 e. The first kappa shape index (κ1) is 21.2. The number of nitrogens with two attached hydrogens (primary N) is 1. The predicted octanol–water partition coefficient (Wildman–Crippen LogP) is 3.91. The predicted molar refractivity (Wildman–Crippen MR) is 114 cm³/mol. The van der Waals surface area contributed by atoms with E-state index in [0.717, 1.165) is 0 Å². The third kappa shape index (κ3) is 4.10. The van der Waals surface area contributed by atoms with Gasteiger partial charge in [-0.1, -0.05) is 35.3 Å². The smallest absolute Gasteiger partial charge is 0.264 e. The molecule has 0 aliphatic carbocycles. The minimum Gasteiger partial charge on any atom is -0.366 e. The summed E-state index contributed by atoms with van der Waals surface area (Å²) in [5, 5.41) is 4.09. The van der Waals surface area contributed by atoms with Crippen LogP contribution in [0.4, 0.5) is 5.69 Å². The molecule has 0 bridgehead atoms. The van der Waals surface area contributed by atoms with Crippen LogP contribution in [0.3, 0.4) is 0 Å². The highest BCUT2D eigenvalue weighted by Crippen LogP contribution is 2.36. The summed E-state index contributed by atoms with van der Waals surface area (Å²) in [7, 11) is -2.35. The van der Waals surface area contributed by atoms with Crippen LogP contribution >= 0.6 is 23.2 Å². The lowest BCUT2D eigenvalue weighted by molar-refractivity contribution is 0.100. The molecule has 0 saturated carbocycles. The van der Waals surface area contributed by atoms with Gasteiger partial charge in [0.2, 0.25) is 5.91 Å². The third-order valence-corrected chi connectivity index (χ3v) is 6.76. The number of anilines is 1. The second-order valence-corrected chi connectivity index (χ2v) is 8.92. The molecule has 0 aliphatic heterocycles. The molecule has 1 heterocycles. The van der Waals surface area contributed by atoms with E-state index in [2.05, 4.69) is 9.82 Å². The number of nitrogens with zero attached hydrogens (tertiary/aromatic N) is 2. The summed E-state index contributed by atoms with van der Waals surface area (Å²) >= 11 is 12.6. The van der Waals surface area contributed by atoms with Crippen molar-refractivity contribution < 1.29 is 13.2 Å². The van der Waals surface area contributed by atoms with Crippen LogP contribution < -0.4 is 10.5 Å². The molecule has 10 heteroatoms. The first-order chi connectivity index (χ1) is 13.5. The van der Waals surface area contributed by atoms with Gasteiger partial charge in [0.25, 0.3) is 10.0 Å². The van der Waals surface area contributed by atoms with Gasteiger partial charge in [-0.25, -0.2) is 8.42 Å². The number of primary amides is 1. The molecule has 0 spiro atoms. The number of aryl methyl sites for hydroxylation is 2. The topological polar surface area (TPSA) is 107 Å². The van der Waals surface area contributed by atoms with Crippen molar-refractivity contribution in [3.8, 4) is 11.1 Å². The Kier molecular flexibility index (Phi) is 5.62. The molecule has 0 radical (unpaired) electrons. The summed E-state index contributed by atoms with van der Waals surface area (Å²) in [5.74, 6) is -0.574. The number of nitrogens with one attached hydrogen (secondary N) is 1. The van der Waals surface area contributed by atoms with Crippen LogP contribution in [-0.2, 0) is 17.1 Å². The summed E-state index contributed by atoms with van der Waals surface area (Å²) in [4.78, 5) is 11.2. The number of carbonyl (C=O) groups is 1. The van der Waals surface area contributed by atoms with Crippen molar-refractivity contribution in [2.75, 3.05) is 4.72 Å². The largest absolute Gasteiger partial charge is 0.366 e. The van der Waals surface area contributed by atoms with Crippen LogP contribution in [0.25, 0.3) is 11.1 Å². The van der Waals surface area contributed by atoms with Gasteiger partial charge in [0.15, 0.2) is 0 Å². The molecule has 0 fully saturated rings. The van der Waals surface area contributed by atoms with Crippen molar-refractivity contribution in [2.45, 2.75) is 18.7 Å². The van der Waals surface area contributed by atoms with Gasteiger partial charge in [-0.05, 0) is 49.2 Å². The molecule has 3 rings (SSSR count). The first-order valence-electron chi connectivity index (χ1n) is 8.43. The molecular weight excluding hydrogens is 435 g/mol. The average Bonchev–Trinajstić information content (AvgIpc) is 2.86.